The Balaban J connectivity index is 1.93. The van der Waals surface area contributed by atoms with Crippen LogP contribution in [0.4, 0.5) is 11.9 Å². The van der Waals surface area contributed by atoms with Gasteiger partial charge in [0.1, 0.15) is 12.7 Å². The first-order valence-corrected chi connectivity index (χ1v) is 6.73. The maximum Gasteiger partial charge on any atom is 0.258 e. The highest BCUT2D eigenvalue weighted by Gasteiger charge is 2.24. The average molecular weight is 274 g/mol. The summed E-state index contributed by atoms with van der Waals surface area (Å²) in [5.41, 5.74) is 5.79. The predicted molar refractivity (Wildman–Crippen MR) is 74.3 cm³/mol. The molecule has 0 spiro atoms. The molecule has 20 heavy (non-hydrogen) atoms. The fourth-order valence-corrected chi connectivity index (χ4v) is 2.75. The highest BCUT2D eigenvalue weighted by molar-refractivity contribution is 5.38. The van der Waals surface area contributed by atoms with Gasteiger partial charge in [0.15, 0.2) is 0 Å². The molecule has 1 saturated heterocycles. The normalized spacial score (nSPS) is 23.0. The van der Waals surface area contributed by atoms with Crippen molar-refractivity contribution in [3.63, 3.8) is 0 Å². The number of nitrogens with zero attached hydrogens (tertiary/aromatic N) is 7. The Kier molecular flexibility index (Phi) is 3.21. The van der Waals surface area contributed by atoms with E-state index in [1.54, 1.807) is 6.33 Å². The minimum Gasteiger partial charge on any atom is -0.368 e. The molecule has 2 aromatic heterocycles. The summed E-state index contributed by atoms with van der Waals surface area (Å²) in [6.45, 7) is 6.35. The van der Waals surface area contributed by atoms with Crippen molar-refractivity contribution in [2.24, 2.45) is 11.8 Å². The molecule has 8 nitrogen and oxygen atoms in total. The third-order valence-electron chi connectivity index (χ3n) is 3.40. The van der Waals surface area contributed by atoms with Crippen LogP contribution >= 0.6 is 0 Å². The summed E-state index contributed by atoms with van der Waals surface area (Å²) in [5.74, 6) is 2.45. The van der Waals surface area contributed by atoms with Gasteiger partial charge in [0.25, 0.3) is 5.95 Å². The molecule has 3 heterocycles. The molecule has 2 N–H and O–H groups in total. The topological polar surface area (TPSA) is 98.6 Å². The maximum absolute atomic E-state index is 5.79. The SMILES string of the molecule is CC1CC(C)CN(c2nc(N)nc(-n3cncn3)n2)C1. The van der Waals surface area contributed by atoms with E-state index in [2.05, 4.69) is 43.8 Å². The molecule has 2 atom stereocenters. The van der Waals surface area contributed by atoms with Gasteiger partial charge in [-0.2, -0.15) is 24.7 Å². The van der Waals surface area contributed by atoms with E-state index >= 15 is 0 Å². The molecular formula is C12H18N8. The number of aromatic nitrogens is 6. The van der Waals surface area contributed by atoms with Gasteiger partial charge in [0.05, 0.1) is 0 Å². The van der Waals surface area contributed by atoms with Crippen LogP contribution in [0.5, 0.6) is 0 Å². The van der Waals surface area contributed by atoms with E-state index in [9.17, 15) is 0 Å². The van der Waals surface area contributed by atoms with Gasteiger partial charge >= 0.3 is 0 Å². The van der Waals surface area contributed by atoms with Gasteiger partial charge in [-0.15, -0.1) is 0 Å². The molecule has 0 saturated carbocycles. The zero-order valence-electron chi connectivity index (χ0n) is 11.6. The van der Waals surface area contributed by atoms with Crippen molar-refractivity contribution in [2.75, 3.05) is 23.7 Å². The van der Waals surface area contributed by atoms with Crippen LogP contribution in [0.25, 0.3) is 5.95 Å². The number of hydrogen-bond donors (Lipinski definition) is 1. The van der Waals surface area contributed by atoms with E-state index in [4.69, 9.17) is 5.73 Å². The smallest absolute Gasteiger partial charge is 0.258 e. The standard InChI is InChI=1S/C12H18N8/c1-8-3-9(2)5-19(4-8)11-16-10(13)17-12(18-11)20-7-14-6-15-20/h6-9H,3-5H2,1-2H3,(H2,13,16,17,18). The molecule has 2 aromatic rings. The molecule has 3 rings (SSSR count). The molecule has 0 bridgehead atoms. The molecule has 2 unspecified atom stereocenters. The van der Waals surface area contributed by atoms with E-state index in [1.807, 2.05) is 0 Å². The number of piperidine rings is 1. The summed E-state index contributed by atoms with van der Waals surface area (Å²) in [7, 11) is 0. The van der Waals surface area contributed by atoms with Gasteiger partial charge in [0.2, 0.25) is 11.9 Å². The first-order chi connectivity index (χ1) is 9.61. The molecule has 106 valence electrons. The van der Waals surface area contributed by atoms with E-state index in [-0.39, 0.29) is 5.95 Å². The molecule has 1 fully saturated rings. The van der Waals surface area contributed by atoms with Crippen molar-refractivity contribution in [1.82, 2.24) is 29.7 Å². The lowest BCUT2D eigenvalue weighted by Crippen LogP contribution is -2.40. The van der Waals surface area contributed by atoms with Gasteiger partial charge in [0, 0.05) is 13.1 Å². The first kappa shape index (κ1) is 12.8. The Morgan fingerprint density at radius 2 is 1.80 bits per heavy atom. The zero-order valence-corrected chi connectivity index (χ0v) is 11.6. The van der Waals surface area contributed by atoms with Gasteiger partial charge < -0.3 is 10.6 Å². The molecular weight excluding hydrogens is 256 g/mol. The molecule has 1 aliphatic heterocycles. The van der Waals surface area contributed by atoms with Crippen LogP contribution in [0, 0.1) is 11.8 Å². The van der Waals surface area contributed by atoms with Crippen LogP contribution in [-0.4, -0.2) is 42.8 Å². The summed E-state index contributed by atoms with van der Waals surface area (Å²) < 4.78 is 1.48. The summed E-state index contributed by atoms with van der Waals surface area (Å²) in [5, 5.41) is 4.02. The molecule has 8 heteroatoms. The lowest BCUT2D eigenvalue weighted by Gasteiger charge is -2.34. The number of rotatable bonds is 2. The lowest BCUT2D eigenvalue weighted by atomic mass is 9.92. The summed E-state index contributed by atoms with van der Waals surface area (Å²) >= 11 is 0. The Morgan fingerprint density at radius 1 is 1.10 bits per heavy atom. The van der Waals surface area contributed by atoms with Crippen LogP contribution in [0.2, 0.25) is 0 Å². The third-order valence-corrected chi connectivity index (χ3v) is 3.40. The number of nitrogen functional groups attached to an aromatic ring is 1. The van der Waals surface area contributed by atoms with E-state index < -0.39 is 0 Å². The molecule has 0 amide bonds. The highest BCUT2D eigenvalue weighted by atomic mass is 15.4. The van der Waals surface area contributed by atoms with Crippen LogP contribution < -0.4 is 10.6 Å². The minimum atomic E-state index is 0.200. The predicted octanol–water partition coefficient (Wildman–Crippen LogP) is 0.517. The second-order valence-corrected chi connectivity index (χ2v) is 5.48. The third kappa shape index (κ3) is 2.54. The van der Waals surface area contributed by atoms with Gasteiger partial charge in [-0.05, 0) is 18.3 Å². The van der Waals surface area contributed by atoms with Crippen molar-refractivity contribution in [3.8, 4) is 5.95 Å². The Hall–Kier alpha value is -2.25. The van der Waals surface area contributed by atoms with Crippen molar-refractivity contribution in [1.29, 1.82) is 0 Å². The molecule has 0 radical (unpaired) electrons. The van der Waals surface area contributed by atoms with Crippen LogP contribution in [0.15, 0.2) is 12.7 Å². The van der Waals surface area contributed by atoms with E-state index in [0.717, 1.165) is 13.1 Å². The first-order valence-electron chi connectivity index (χ1n) is 6.73. The zero-order chi connectivity index (χ0) is 14.1. The Bertz CT molecular complexity index is 571. The van der Waals surface area contributed by atoms with E-state index in [1.165, 1.54) is 17.4 Å². The fraction of sp³-hybridized carbons (Fsp3) is 0.583. The Labute approximate surface area is 117 Å². The Morgan fingerprint density at radius 3 is 2.45 bits per heavy atom. The second-order valence-electron chi connectivity index (χ2n) is 5.48. The molecule has 1 aliphatic rings. The van der Waals surface area contributed by atoms with Gasteiger partial charge in [-0.3, -0.25) is 0 Å². The monoisotopic (exact) mass is 274 g/mol. The summed E-state index contributed by atoms with van der Waals surface area (Å²) in [6, 6.07) is 0. The van der Waals surface area contributed by atoms with Crippen molar-refractivity contribution < 1.29 is 0 Å². The van der Waals surface area contributed by atoms with Gasteiger partial charge in [-0.25, -0.2) is 4.98 Å². The number of hydrogen-bond acceptors (Lipinski definition) is 7. The average Bonchev–Trinajstić information content (AvgIpc) is 2.90. The fourth-order valence-electron chi connectivity index (χ4n) is 2.75. The van der Waals surface area contributed by atoms with Crippen LogP contribution in [-0.2, 0) is 0 Å². The quantitative estimate of drug-likeness (QED) is 0.852. The number of nitrogens with two attached hydrogens (primary N) is 1. The molecule has 0 aliphatic carbocycles. The second kappa shape index (κ2) is 5.03. The highest BCUT2D eigenvalue weighted by Crippen LogP contribution is 2.24. The summed E-state index contributed by atoms with van der Waals surface area (Å²) in [4.78, 5) is 18.9. The van der Waals surface area contributed by atoms with Crippen LogP contribution in [0.1, 0.15) is 20.3 Å². The summed E-state index contributed by atoms with van der Waals surface area (Å²) in [6.07, 6.45) is 4.21. The van der Waals surface area contributed by atoms with Crippen molar-refractivity contribution in [3.05, 3.63) is 12.7 Å². The largest absolute Gasteiger partial charge is 0.368 e. The van der Waals surface area contributed by atoms with Crippen molar-refractivity contribution in [2.45, 2.75) is 20.3 Å². The van der Waals surface area contributed by atoms with E-state index in [0.29, 0.717) is 23.7 Å². The number of anilines is 2. The minimum absolute atomic E-state index is 0.200. The van der Waals surface area contributed by atoms with Crippen LogP contribution in [0.3, 0.4) is 0 Å². The maximum atomic E-state index is 5.79. The van der Waals surface area contributed by atoms with Crippen molar-refractivity contribution >= 4 is 11.9 Å². The lowest BCUT2D eigenvalue weighted by molar-refractivity contribution is 0.353. The molecule has 0 aromatic carbocycles. The van der Waals surface area contributed by atoms with Gasteiger partial charge in [-0.1, -0.05) is 13.8 Å².